The van der Waals surface area contributed by atoms with Gasteiger partial charge in [0.05, 0.1) is 16.4 Å². The summed E-state index contributed by atoms with van der Waals surface area (Å²) in [6, 6.07) is 6.04. The lowest BCUT2D eigenvalue weighted by atomic mass is 10.4. The predicted octanol–water partition coefficient (Wildman–Crippen LogP) is 2.14. The van der Waals surface area contributed by atoms with Gasteiger partial charge in [0.1, 0.15) is 6.33 Å². The van der Waals surface area contributed by atoms with Crippen LogP contribution in [-0.4, -0.2) is 16.5 Å². The minimum Gasteiger partial charge on any atom is -0.320 e. The van der Waals surface area contributed by atoms with Crippen molar-refractivity contribution >= 4 is 23.1 Å². The number of aromatic nitrogens is 2. The van der Waals surface area contributed by atoms with Gasteiger partial charge in [0, 0.05) is 16.8 Å². The molecule has 0 aliphatic carbocycles. The van der Waals surface area contributed by atoms with Crippen molar-refractivity contribution in [2.75, 3.05) is 6.54 Å². The van der Waals surface area contributed by atoms with Crippen LogP contribution in [0.4, 0.5) is 0 Å². The normalized spacial score (nSPS) is 9.71. The second-order valence-corrected chi connectivity index (χ2v) is 5.27. The molecule has 0 aliphatic rings. The average molecular weight is 261 g/mol. The summed E-state index contributed by atoms with van der Waals surface area (Å²) in [4.78, 5) is 10.4. The van der Waals surface area contributed by atoms with Gasteiger partial charge in [-0.25, -0.2) is 9.97 Å². The summed E-state index contributed by atoms with van der Waals surface area (Å²) in [6.07, 6.45) is 3.32. The molecule has 2 aromatic heterocycles. The van der Waals surface area contributed by atoms with E-state index in [0.717, 1.165) is 15.7 Å². The first-order valence-electron chi connectivity index (χ1n) is 5.05. The van der Waals surface area contributed by atoms with Gasteiger partial charge in [-0.1, -0.05) is 11.8 Å². The van der Waals surface area contributed by atoms with Crippen LogP contribution in [0.1, 0.15) is 9.75 Å². The van der Waals surface area contributed by atoms with E-state index in [2.05, 4.69) is 27.9 Å². The van der Waals surface area contributed by atoms with Crippen molar-refractivity contribution in [2.24, 2.45) is 5.73 Å². The molecule has 0 aromatic carbocycles. The van der Waals surface area contributed by atoms with E-state index in [1.54, 1.807) is 35.6 Å². The largest absolute Gasteiger partial charge is 0.320 e. The molecule has 5 heteroatoms. The quantitative estimate of drug-likeness (QED) is 0.522. The molecule has 3 nitrogen and oxygen atoms in total. The monoisotopic (exact) mass is 261 g/mol. The number of hydrogen-bond acceptors (Lipinski definition) is 5. The molecule has 0 amide bonds. The molecule has 0 saturated heterocycles. The summed E-state index contributed by atoms with van der Waals surface area (Å²) in [5, 5.41) is 0.989. The van der Waals surface area contributed by atoms with Crippen LogP contribution in [0.25, 0.3) is 0 Å². The van der Waals surface area contributed by atoms with Crippen molar-refractivity contribution in [2.45, 2.75) is 10.8 Å². The van der Waals surface area contributed by atoms with Crippen molar-refractivity contribution in [3.05, 3.63) is 40.5 Å². The number of nitrogens with zero attached hydrogens (tertiary/aromatic N) is 2. The van der Waals surface area contributed by atoms with Gasteiger partial charge in [0.25, 0.3) is 0 Å². The second kappa shape index (κ2) is 6.40. The molecule has 0 aliphatic heterocycles. The summed E-state index contributed by atoms with van der Waals surface area (Å²) in [7, 11) is 0. The molecule has 2 aromatic rings. The van der Waals surface area contributed by atoms with Gasteiger partial charge in [-0.05, 0) is 18.2 Å². The summed E-state index contributed by atoms with van der Waals surface area (Å²) in [6.45, 7) is 0.406. The minimum atomic E-state index is 0.406. The maximum absolute atomic E-state index is 5.33. The van der Waals surface area contributed by atoms with E-state index >= 15 is 0 Å². The number of thioether (sulfide) groups is 1. The van der Waals surface area contributed by atoms with Crippen LogP contribution >= 0.6 is 23.1 Å². The molecule has 17 heavy (non-hydrogen) atoms. The SMILES string of the molecule is NCC#Cc1ccc(CSc2ccncn2)s1. The first kappa shape index (κ1) is 12.1. The lowest BCUT2D eigenvalue weighted by Crippen LogP contribution is -1.92. The summed E-state index contributed by atoms with van der Waals surface area (Å²) in [5.41, 5.74) is 5.33. The van der Waals surface area contributed by atoms with Gasteiger partial charge in [0.2, 0.25) is 0 Å². The molecule has 0 fully saturated rings. The Balaban J connectivity index is 1.94. The Morgan fingerprint density at radius 1 is 1.35 bits per heavy atom. The molecule has 2 heterocycles. The lowest BCUT2D eigenvalue weighted by Gasteiger charge is -1.96. The fourth-order valence-electron chi connectivity index (χ4n) is 1.17. The van der Waals surface area contributed by atoms with E-state index in [9.17, 15) is 0 Å². The Kier molecular flexibility index (Phi) is 4.56. The van der Waals surface area contributed by atoms with Crippen LogP contribution in [0.5, 0.6) is 0 Å². The molecule has 0 saturated carbocycles. The van der Waals surface area contributed by atoms with Gasteiger partial charge in [-0.2, -0.15) is 0 Å². The highest BCUT2D eigenvalue weighted by atomic mass is 32.2. The molecule has 0 atom stereocenters. The number of hydrogen-bond donors (Lipinski definition) is 1. The summed E-state index contributed by atoms with van der Waals surface area (Å²) >= 11 is 3.40. The molecular formula is C12H11N3S2. The van der Waals surface area contributed by atoms with Crippen molar-refractivity contribution in [3.63, 3.8) is 0 Å². The van der Waals surface area contributed by atoms with Crippen LogP contribution in [0.15, 0.2) is 35.7 Å². The van der Waals surface area contributed by atoms with Crippen molar-refractivity contribution in [3.8, 4) is 11.8 Å². The van der Waals surface area contributed by atoms with Crippen LogP contribution in [0.2, 0.25) is 0 Å². The van der Waals surface area contributed by atoms with Crippen molar-refractivity contribution < 1.29 is 0 Å². The van der Waals surface area contributed by atoms with Crippen LogP contribution in [0, 0.1) is 11.8 Å². The van der Waals surface area contributed by atoms with E-state index in [4.69, 9.17) is 5.73 Å². The van der Waals surface area contributed by atoms with E-state index in [-0.39, 0.29) is 0 Å². The Morgan fingerprint density at radius 2 is 2.29 bits per heavy atom. The summed E-state index contributed by atoms with van der Waals surface area (Å²) < 4.78 is 0. The highest BCUT2D eigenvalue weighted by Crippen LogP contribution is 2.24. The van der Waals surface area contributed by atoms with Gasteiger partial charge in [0.15, 0.2) is 0 Å². The molecule has 86 valence electrons. The van der Waals surface area contributed by atoms with Gasteiger partial charge < -0.3 is 5.73 Å². The molecule has 2 rings (SSSR count). The van der Waals surface area contributed by atoms with Gasteiger partial charge in [-0.15, -0.1) is 23.1 Å². The van der Waals surface area contributed by atoms with E-state index in [1.165, 1.54) is 4.88 Å². The number of nitrogens with two attached hydrogens (primary N) is 1. The topological polar surface area (TPSA) is 51.8 Å². The van der Waals surface area contributed by atoms with E-state index in [0.29, 0.717) is 6.54 Å². The predicted molar refractivity (Wildman–Crippen MR) is 71.8 cm³/mol. The first-order valence-corrected chi connectivity index (χ1v) is 6.85. The van der Waals surface area contributed by atoms with Gasteiger partial charge in [-0.3, -0.25) is 0 Å². The Hall–Kier alpha value is -1.35. The zero-order chi connectivity index (χ0) is 11.9. The maximum Gasteiger partial charge on any atom is 0.116 e. The molecular weight excluding hydrogens is 250 g/mol. The zero-order valence-corrected chi connectivity index (χ0v) is 10.7. The molecule has 0 bridgehead atoms. The highest BCUT2D eigenvalue weighted by Gasteiger charge is 2.00. The maximum atomic E-state index is 5.33. The second-order valence-electron chi connectivity index (χ2n) is 3.11. The fourth-order valence-corrected chi connectivity index (χ4v) is 2.93. The van der Waals surface area contributed by atoms with Crippen LogP contribution in [-0.2, 0) is 5.75 Å². The first-order chi connectivity index (χ1) is 8.38. The molecule has 2 N–H and O–H groups in total. The van der Waals surface area contributed by atoms with Crippen molar-refractivity contribution in [1.82, 2.24) is 9.97 Å². The van der Waals surface area contributed by atoms with Crippen molar-refractivity contribution in [1.29, 1.82) is 0 Å². The molecule has 0 unspecified atom stereocenters. The Labute approximate surface area is 108 Å². The molecule has 0 radical (unpaired) electrons. The van der Waals surface area contributed by atoms with E-state index in [1.807, 2.05) is 12.1 Å². The lowest BCUT2D eigenvalue weighted by molar-refractivity contribution is 1.05. The van der Waals surface area contributed by atoms with Crippen LogP contribution < -0.4 is 5.73 Å². The average Bonchev–Trinajstić information content (AvgIpc) is 2.83. The van der Waals surface area contributed by atoms with Crippen LogP contribution in [0.3, 0.4) is 0 Å². The Bertz CT molecular complexity index is 525. The zero-order valence-electron chi connectivity index (χ0n) is 9.09. The number of rotatable bonds is 3. The summed E-state index contributed by atoms with van der Waals surface area (Å²) in [5.74, 6) is 6.79. The third kappa shape index (κ3) is 3.86. The highest BCUT2D eigenvalue weighted by molar-refractivity contribution is 7.98. The molecule has 0 spiro atoms. The number of thiophene rings is 1. The minimum absolute atomic E-state index is 0.406. The smallest absolute Gasteiger partial charge is 0.116 e. The fraction of sp³-hybridized carbons (Fsp3) is 0.167. The standard InChI is InChI=1S/C12H11N3S2/c13-6-1-2-10-3-4-11(17-10)8-16-12-5-7-14-9-15-12/h3-5,7,9H,6,8,13H2. The third-order valence-corrected chi connectivity index (χ3v) is 4.07. The van der Waals surface area contributed by atoms with Gasteiger partial charge >= 0.3 is 0 Å². The van der Waals surface area contributed by atoms with E-state index < -0.39 is 0 Å². The third-order valence-electron chi connectivity index (χ3n) is 1.89. The Morgan fingerprint density at radius 3 is 3.06 bits per heavy atom.